The Labute approximate surface area is 155 Å². The second kappa shape index (κ2) is 8.26. The number of alkyl halides is 4. The number of nitrogens with two attached hydrogens (primary N) is 1. The van der Waals surface area contributed by atoms with Crippen molar-refractivity contribution >= 4 is 22.3 Å². The summed E-state index contributed by atoms with van der Waals surface area (Å²) in [5.74, 6) is -0.613. The minimum Gasteiger partial charge on any atom is -0.446 e. The molecule has 0 saturated carbocycles. The minimum atomic E-state index is -5.10. The molecule has 2 rings (SSSR count). The van der Waals surface area contributed by atoms with Crippen LogP contribution in [0.4, 0.5) is 17.6 Å². The second-order valence-electron chi connectivity index (χ2n) is 5.90. The van der Waals surface area contributed by atoms with Gasteiger partial charge in [-0.3, -0.25) is 14.0 Å². The molecule has 1 aliphatic heterocycles. The molecule has 0 aliphatic carbocycles. The molecule has 0 radical (unpaired) electrons. The summed E-state index contributed by atoms with van der Waals surface area (Å²) in [5, 5.41) is 3.88. The Bertz CT molecular complexity index is 806. The van der Waals surface area contributed by atoms with Crippen molar-refractivity contribution in [1.82, 2.24) is 4.98 Å². The number of ketones is 1. The Morgan fingerprint density at radius 1 is 1.30 bits per heavy atom. The van der Waals surface area contributed by atoms with Crippen molar-refractivity contribution in [2.24, 2.45) is 5.10 Å². The Morgan fingerprint density at radius 3 is 2.59 bits per heavy atom. The van der Waals surface area contributed by atoms with E-state index in [0.717, 1.165) is 11.5 Å². The Morgan fingerprint density at radius 2 is 2.00 bits per heavy atom. The van der Waals surface area contributed by atoms with E-state index in [9.17, 15) is 26.6 Å². The predicted molar refractivity (Wildman–Crippen MR) is 88.9 cm³/mol. The van der Waals surface area contributed by atoms with Gasteiger partial charge in [-0.2, -0.15) is 18.6 Å². The van der Waals surface area contributed by atoms with E-state index in [1.54, 1.807) is 12.1 Å². The van der Waals surface area contributed by atoms with Crippen molar-refractivity contribution in [2.75, 3.05) is 12.4 Å². The molecule has 2 unspecified atom stereocenters. The maximum atomic E-state index is 13.5. The third-order valence-corrected chi connectivity index (χ3v) is 5.16. The highest BCUT2D eigenvalue weighted by molar-refractivity contribution is 7.85. The first kappa shape index (κ1) is 21.2. The van der Waals surface area contributed by atoms with Gasteiger partial charge in [0.2, 0.25) is 11.5 Å². The number of rotatable bonds is 7. The van der Waals surface area contributed by atoms with Gasteiger partial charge in [-0.05, 0) is 25.5 Å². The molecule has 1 aromatic heterocycles. The lowest BCUT2D eigenvalue weighted by molar-refractivity contribution is -0.640. The number of carbonyl (C=O) groups is 1. The lowest BCUT2D eigenvalue weighted by Crippen LogP contribution is -2.79. The van der Waals surface area contributed by atoms with Crippen LogP contribution in [0.15, 0.2) is 40.3 Å². The van der Waals surface area contributed by atoms with Crippen molar-refractivity contribution in [2.45, 2.75) is 37.0 Å². The zero-order valence-electron chi connectivity index (χ0n) is 14.5. The van der Waals surface area contributed by atoms with Gasteiger partial charge in [-0.1, -0.05) is 12.0 Å². The van der Waals surface area contributed by atoms with Gasteiger partial charge in [0.1, 0.15) is 12.3 Å². The van der Waals surface area contributed by atoms with Crippen LogP contribution in [-0.2, 0) is 20.3 Å². The first-order valence-corrected chi connectivity index (χ1v) is 9.28. The first-order chi connectivity index (χ1) is 12.6. The van der Waals surface area contributed by atoms with E-state index in [0.29, 0.717) is 24.0 Å². The standard InChI is InChI=1S/C16H17F4N3O3S/c1-3-7-27(25)11-5-4-6-21-14(11)13-10(24)8-12(22-23-13)26-9-15(2,17)16(18,19)20/h4-6,8H,3,7,9H2,1-2H3,(H,22,24)/p+1. The van der Waals surface area contributed by atoms with Crippen molar-refractivity contribution in [3.63, 3.8) is 0 Å². The van der Waals surface area contributed by atoms with Gasteiger partial charge < -0.3 is 4.74 Å². The number of halogens is 4. The van der Waals surface area contributed by atoms with Crippen LogP contribution in [0.1, 0.15) is 26.0 Å². The highest BCUT2D eigenvalue weighted by Crippen LogP contribution is 2.33. The van der Waals surface area contributed by atoms with Crippen LogP contribution in [0.25, 0.3) is 0 Å². The number of hydrogen-bond donors (Lipinski definition) is 1. The lowest BCUT2D eigenvalue weighted by Gasteiger charge is -2.23. The molecule has 0 spiro atoms. The molecule has 1 aliphatic rings. The smallest absolute Gasteiger partial charge is 0.425 e. The maximum absolute atomic E-state index is 13.5. The third kappa shape index (κ3) is 4.98. The van der Waals surface area contributed by atoms with Crippen LogP contribution in [-0.4, -0.2) is 44.9 Å². The second-order valence-corrected chi connectivity index (χ2v) is 7.44. The number of ether oxygens (including phenoxy) is 1. The number of quaternary nitrogens is 1. The molecular weight excluding hydrogens is 390 g/mol. The summed E-state index contributed by atoms with van der Waals surface area (Å²) in [6.07, 6.45) is -2.14. The van der Waals surface area contributed by atoms with Crippen LogP contribution < -0.4 is 5.43 Å². The molecule has 11 heteroatoms. The predicted octanol–water partition coefficient (Wildman–Crippen LogP) is 1.60. The van der Waals surface area contributed by atoms with Gasteiger partial charge in [0.05, 0.1) is 21.8 Å². The summed E-state index contributed by atoms with van der Waals surface area (Å²) in [5.41, 5.74) is -2.54. The molecule has 27 heavy (non-hydrogen) atoms. The quantitative estimate of drug-likeness (QED) is 0.549. The van der Waals surface area contributed by atoms with E-state index in [2.05, 4.69) is 10.1 Å². The topological polar surface area (TPSA) is 85.2 Å². The fraction of sp³-hybridized carbons (Fsp3) is 0.438. The monoisotopic (exact) mass is 408 g/mol. The normalized spacial score (nSPS) is 18.4. The first-order valence-electron chi connectivity index (χ1n) is 7.96. The van der Waals surface area contributed by atoms with Crippen molar-refractivity contribution < 1.29 is 36.7 Å². The Balaban J connectivity index is 2.16. The molecule has 0 aromatic carbocycles. The van der Waals surface area contributed by atoms with E-state index in [4.69, 9.17) is 4.74 Å². The van der Waals surface area contributed by atoms with Crippen molar-refractivity contribution in [3.05, 3.63) is 36.0 Å². The Kier molecular flexibility index (Phi) is 6.47. The van der Waals surface area contributed by atoms with Gasteiger partial charge in [-0.15, -0.1) is 0 Å². The molecule has 6 nitrogen and oxygen atoms in total. The molecule has 0 amide bonds. The summed E-state index contributed by atoms with van der Waals surface area (Å²) in [4.78, 5) is 16.7. The van der Waals surface area contributed by atoms with E-state index in [1.165, 1.54) is 6.20 Å². The average Bonchev–Trinajstić information content (AvgIpc) is 2.59. The summed E-state index contributed by atoms with van der Waals surface area (Å²) in [6.45, 7) is 0.888. The van der Waals surface area contributed by atoms with E-state index in [1.807, 2.05) is 6.92 Å². The van der Waals surface area contributed by atoms with Crippen LogP contribution in [0.2, 0.25) is 0 Å². The van der Waals surface area contributed by atoms with Gasteiger partial charge in [0.15, 0.2) is 5.71 Å². The molecule has 2 atom stereocenters. The molecule has 0 saturated heterocycles. The van der Waals surface area contributed by atoms with Crippen LogP contribution in [0.5, 0.6) is 0 Å². The molecule has 2 heterocycles. The SMILES string of the molecule is CCCS(=O)c1cccnc1C1=N[NH2+]C(OCC(C)(F)C(F)(F)F)=CC1=O. The highest BCUT2D eigenvalue weighted by Gasteiger charge is 2.53. The number of allylic oxidation sites excluding steroid dienone is 1. The molecule has 1 aromatic rings. The summed E-state index contributed by atoms with van der Waals surface area (Å²) < 4.78 is 68.1. The Hall–Kier alpha value is -2.14. The number of nitrogens with zero attached hydrogens (tertiary/aromatic N) is 2. The maximum Gasteiger partial charge on any atom is 0.425 e. The third-order valence-electron chi connectivity index (χ3n) is 3.56. The molecule has 2 N–H and O–H groups in total. The van der Waals surface area contributed by atoms with E-state index < -0.39 is 35.0 Å². The zero-order valence-corrected chi connectivity index (χ0v) is 15.4. The fourth-order valence-electron chi connectivity index (χ4n) is 2.03. The van der Waals surface area contributed by atoms with Crippen molar-refractivity contribution in [1.29, 1.82) is 0 Å². The highest BCUT2D eigenvalue weighted by atomic mass is 32.2. The number of aromatic nitrogens is 1. The zero-order chi connectivity index (χ0) is 20.2. The van der Waals surface area contributed by atoms with Gasteiger partial charge in [-0.25, -0.2) is 4.39 Å². The fourth-order valence-corrected chi connectivity index (χ4v) is 3.22. The summed E-state index contributed by atoms with van der Waals surface area (Å²) in [7, 11) is -1.38. The van der Waals surface area contributed by atoms with Gasteiger partial charge in [0, 0.05) is 11.9 Å². The number of carbonyl (C=O) groups excluding carboxylic acids is 1. The largest absolute Gasteiger partial charge is 0.446 e. The molecule has 148 valence electrons. The lowest BCUT2D eigenvalue weighted by atomic mass is 10.1. The molecule has 0 bridgehead atoms. The van der Waals surface area contributed by atoms with Crippen LogP contribution >= 0.6 is 0 Å². The molecular formula is C16H18F4N3O3S+. The summed E-state index contributed by atoms with van der Waals surface area (Å²) in [6, 6.07) is 3.14. The minimum absolute atomic E-state index is 0.110. The number of hydrogen-bond acceptors (Lipinski definition) is 5. The van der Waals surface area contributed by atoms with E-state index >= 15 is 0 Å². The molecule has 0 fully saturated rings. The van der Waals surface area contributed by atoms with Crippen molar-refractivity contribution in [3.8, 4) is 0 Å². The summed E-state index contributed by atoms with van der Waals surface area (Å²) >= 11 is 0. The van der Waals surface area contributed by atoms with Gasteiger partial charge >= 0.3 is 12.1 Å². The van der Waals surface area contributed by atoms with Crippen LogP contribution in [0, 0.1) is 0 Å². The average molecular weight is 408 g/mol. The number of pyridine rings is 1. The van der Waals surface area contributed by atoms with Gasteiger partial charge in [0.25, 0.3) is 0 Å². The van der Waals surface area contributed by atoms with E-state index in [-0.39, 0.29) is 17.3 Å². The van der Waals surface area contributed by atoms with Crippen LogP contribution in [0.3, 0.4) is 0 Å².